The standard InChI is InChI=1S/C12H12N2O3/c1-17-8-4-5-10-9(6-8)13-11(12(15)16)14(10)7-2-3-7/h4-7H,2-3H2,1H3,(H,15,16). The van der Waals surface area contributed by atoms with Gasteiger partial charge in [-0.3, -0.25) is 0 Å². The fourth-order valence-electron chi connectivity index (χ4n) is 2.06. The molecule has 1 aliphatic rings. The van der Waals surface area contributed by atoms with Crippen LogP contribution < -0.4 is 4.74 Å². The third kappa shape index (κ3) is 1.54. The number of aromatic carboxylic acids is 1. The number of imidazole rings is 1. The summed E-state index contributed by atoms with van der Waals surface area (Å²) in [5.74, 6) is -0.169. The van der Waals surface area contributed by atoms with E-state index in [2.05, 4.69) is 4.98 Å². The maximum atomic E-state index is 11.2. The smallest absolute Gasteiger partial charge is 0.372 e. The Labute approximate surface area is 97.6 Å². The number of methoxy groups -OCH3 is 1. The molecule has 88 valence electrons. The van der Waals surface area contributed by atoms with Crippen LogP contribution in [0.5, 0.6) is 5.75 Å². The number of rotatable bonds is 3. The fraction of sp³-hybridized carbons (Fsp3) is 0.333. The quantitative estimate of drug-likeness (QED) is 0.879. The third-order valence-corrected chi connectivity index (χ3v) is 3.00. The highest BCUT2D eigenvalue weighted by Crippen LogP contribution is 2.39. The van der Waals surface area contributed by atoms with Gasteiger partial charge in [0.25, 0.3) is 0 Å². The van der Waals surface area contributed by atoms with Gasteiger partial charge in [-0.25, -0.2) is 9.78 Å². The van der Waals surface area contributed by atoms with Gasteiger partial charge in [0.1, 0.15) is 5.75 Å². The Bertz CT molecular complexity index is 599. The van der Waals surface area contributed by atoms with Crippen molar-refractivity contribution in [1.82, 2.24) is 9.55 Å². The van der Waals surface area contributed by atoms with Gasteiger partial charge in [-0.05, 0) is 25.0 Å². The number of ether oxygens (including phenoxy) is 1. The molecule has 5 nitrogen and oxygen atoms in total. The van der Waals surface area contributed by atoms with Crippen LogP contribution in [0.4, 0.5) is 0 Å². The van der Waals surface area contributed by atoms with E-state index in [1.165, 1.54) is 0 Å². The molecule has 17 heavy (non-hydrogen) atoms. The molecule has 0 saturated heterocycles. The SMILES string of the molecule is COc1ccc2c(c1)nc(C(=O)O)n2C1CC1. The van der Waals surface area contributed by atoms with Crippen molar-refractivity contribution in [2.24, 2.45) is 0 Å². The molecule has 5 heteroatoms. The Balaban J connectivity index is 2.26. The fourth-order valence-corrected chi connectivity index (χ4v) is 2.06. The maximum absolute atomic E-state index is 11.2. The first-order valence-electron chi connectivity index (χ1n) is 5.50. The van der Waals surface area contributed by atoms with E-state index in [-0.39, 0.29) is 5.82 Å². The monoisotopic (exact) mass is 232 g/mol. The van der Waals surface area contributed by atoms with Gasteiger partial charge < -0.3 is 14.4 Å². The lowest BCUT2D eigenvalue weighted by Crippen LogP contribution is -2.08. The first kappa shape index (κ1) is 10.1. The normalized spacial score (nSPS) is 15.1. The molecule has 1 heterocycles. The van der Waals surface area contributed by atoms with Crippen molar-refractivity contribution in [3.63, 3.8) is 0 Å². The van der Waals surface area contributed by atoms with Crippen LogP contribution >= 0.6 is 0 Å². The second-order valence-electron chi connectivity index (χ2n) is 4.20. The zero-order valence-corrected chi connectivity index (χ0v) is 9.38. The van der Waals surface area contributed by atoms with Gasteiger partial charge in [0.2, 0.25) is 5.82 Å². The number of carboxylic acids is 1. The van der Waals surface area contributed by atoms with Gasteiger partial charge in [-0.2, -0.15) is 0 Å². The molecule has 3 rings (SSSR count). The molecule has 0 bridgehead atoms. The van der Waals surface area contributed by atoms with Crippen LogP contribution in [-0.2, 0) is 0 Å². The molecule has 0 atom stereocenters. The summed E-state index contributed by atoms with van der Waals surface area (Å²) in [5, 5.41) is 9.16. The number of fused-ring (bicyclic) bond motifs is 1. The van der Waals surface area contributed by atoms with Gasteiger partial charge in [-0.1, -0.05) is 0 Å². The van der Waals surface area contributed by atoms with E-state index < -0.39 is 5.97 Å². The Hall–Kier alpha value is -2.04. The average Bonchev–Trinajstić information content (AvgIpc) is 3.08. The highest BCUT2D eigenvalue weighted by molar-refractivity contribution is 5.90. The molecule has 0 aliphatic heterocycles. The Morgan fingerprint density at radius 3 is 2.88 bits per heavy atom. The van der Waals surface area contributed by atoms with Crippen LogP contribution in [-0.4, -0.2) is 27.7 Å². The number of nitrogens with zero attached hydrogens (tertiary/aromatic N) is 2. The van der Waals surface area contributed by atoms with E-state index in [0.717, 1.165) is 18.4 Å². The average molecular weight is 232 g/mol. The summed E-state index contributed by atoms with van der Waals surface area (Å²) in [5.41, 5.74) is 1.54. The Kier molecular flexibility index (Phi) is 2.07. The first-order valence-corrected chi connectivity index (χ1v) is 5.50. The summed E-state index contributed by atoms with van der Waals surface area (Å²) >= 11 is 0. The molecule has 1 aromatic heterocycles. The summed E-state index contributed by atoms with van der Waals surface area (Å²) in [6.45, 7) is 0. The van der Waals surface area contributed by atoms with E-state index in [1.54, 1.807) is 13.2 Å². The lowest BCUT2D eigenvalue weighted by molar-refractivity contribution is 0.0678. The largest absolute Gasteiger partial charge is 0.497 e. The number of carbonyl (C=O) groups is 1. The number of hydrogen-bond acceptors (Lipinski definition) is 3. The third-order valence-electron chi connectivity index (χ3n) is 3.00. The molecule has 0 unspecified atom stereocenters. The molecule has 1 N–H and O–H groups in total. The maximum Gasteiger partial charge on any atom is 0.372 e. The number of aromatic nitrogens is 2. The van der Waals surface area contributed by atoms with E-state index >= 15 is 0 Å². The van der Waals surface area contributed by atoms with Crippen molar-refractivity contribution < 1.29 is 14.6 Å². The molecule has 2 aromatic rings. The van der Waals surface area contributed by atoms with Crippen LogP contribution in [0.2, 0.25) is 0 Å². The van der Waals surface area contributed by atoms with Crippen molar-refractivity contribution in [2.75, 3.05) is 7.11 Å². The van der Waals surface area contributed by atoms with Gasteiger partial charge in [0.05, 0.1) is 18.1 Å². The van der Waals surface area contributed by atoms with Gasteiger partial charge in [-0.15, -0.1) is 0 Å². The summed E-state index contributed by atoms with van der Waals surface area (Å²) in [6.07, 6.45) is 2.05. The molecule has 1 aromatic carbocycles. The number of benzene rings is 1. The van der Waals surface area contributed by atoms with E-state index in [4.69, 9.17) is 9.84 Å². The molecule has 1 saturated carbocycles. The number of hydrogen-bond donors (Lipinski definition) is 1. The van der Waals surface area contributed by atoms with Crippen LogP contribution in [0.3, 0.4) is 0 Å². The summed E-state index contributed by atoms with van der Waals surface area (Å²) < 4.78 is 6.93. The Morgan fingerprint density at radius 1 is 1.53 bits per heavy atom. The van der Waals surface area contributed by atoms with Crippen molar-refractivity contribution in [3.8, 4) is 5.75 Å². The predicted octanol–water partition coefficient (Wildman–Crippen LogP) is 2.08. The number of carboxylic acid groups (broad SMARTS) is 1. The molecule has 0 amide bonds. The van der Waals surface area contributed by atoms with Gasteiger partial charge in [0.15, 0.2) is 0 Å². The van der Waals surface area contributed by atoms with Crippen LogP contribution in [0.1, 0.15) is 29.5 Å². The molecule has 0 radical (unpaired) electrons. The predicted molar refractivity (Wildman–Crippen MR) is 61.5 cm³/mol. The summed E-state index contributed by atoms with van der Waals surface area (Å²) in [4.78, 5) is 15.3. The van der Waals surface area contributed by atoms with E-state index in [9.17, 15) is 4.79 Å². The lowest BCUT2D eigenvalue weighted by Gasteiger charge is -2.04. The minimum atomic E-state index is -0.980. The van der Waals surface area contributed by atoms with Gasteiger partial charge >= 0.3 is 5.97 Å². The zero-order valence-electron chi connectivity index (χ0n) is 9.38. The highest BCUT2D eigenvalue weighted by Gasteiger charge is 2.30. The second-order valence-corrected chi connectivity index (χ2v) is 4.20. The zero-order chi connectivity index (χ0) is 12.0. The van der Waals surface area contributed by atoms with Crippen molar-refractivity contribution in [1.29, 1.82) is 0 Å². The molecular weight excluding hydrogens is 220 g/mol. The van der Waals surface area contributed by atoms with Crippen molar-refractivity contribution >= 4 is 17.0 Å². The van der Waals surface area contributed by atoms with E-state index in [1.807, 2.05) is 16.7 Å². The lowest BCUT2D eigenvalue weighted by atomic mass is 10.3. The second kappa shape index (κ2) is 3.48. The summed E-state index contributed by atoms with van der Waals surface area (Å²) in [7, 11) is 1.58. The van der Waals surface area contributed by atoms with Crippen LogP contribution in [0.25, 0.3) is 11.0 Å². The van der Waals surface area contributed by atoms with Crippen molar-refractivity contribution in [2.45, 2.75) is 18.9 Å². The Morgan fingerprint density at radius 2 is 2.29 bits per heavy atom. The van der Waals surface area contributed by atoms with Crippen molar-refractivity contribution in [3.05, 3.63) is 24.0 Å². The molecular formula is C12H12N2O3. The topological polar surface area (TPSA) is 64.3 Å². The highest BCUT2D eigenvalue weighted by atomic mass is 16.5. The summed E-state index contributed by atoms with van der Waals surface area (Å²) in [6, 6.07) is 5.75. The van der Waals surface area contributed by atoms with Crippen LogP contribution in [0.15, 0.2) is 18.2 Å². The molecule has 1 aliphatic carbocycles. The van der Waals surface area contributed by atoms with E-state index in [0.29, 0.717) is 17.3 Å². The molecule has 0 spiro atoms. The minimum absolute atomic E-state index is 0.121. The van der Waals surface area contributed by atoms with Crippen LogP contribution in [0, 0.1) is 0 Å². The molecule has 1 fully saturated rings. The van der Waals surface area contributed by atoms with Gasteiger partial charge in [0, 0.05) is 12.1 Å². The minimum Gasteiger partial charge on any atom is -0.497 e. The first-order chi connectivity index (χ1) is 8.20.